The minimum Gasteiger partial charge on any atom is -0.497 e. The van der Waals surface area contributed by atoms with Gasteiger partial charge in [-0.25, -0.2) is 4.98 Å². The van der Waals surface area contributed by atoms with Crippen molar-refractivity contribution < 1.29 is 9.53 Å². The normalized spacial score (nSPS) is 11.8. The predicted molar refractivity (Wildman–Crippen MR) is 82.6 cm³/mol. The van der Waals surface area contributed by atoms with Gasteiger partial charge in [0.05, 0.1) is 13.2 Å². The fourth-order valence-electron chi connectivity index (χ4n) is 2.07. The van der Waals surface area contributed by atoms with E-state index in [9.17, 15) is 4.79 Å². The lowest BCUT2D eigenvalue weighted by atomic mass is 10.1. The summed E-state index contributed by atoms with van der Waals surface area (Å²) in [5.74, 6) is 1.07. The third-order valence-electron chi connectivity index (χ3n) is 3.57. The van der Waals surface area contributed by atoms with Crippen LogP contribution >= 0.6 is 0 Å². The topological polar surface area (TPSA) is 68.5 Å². The van der Waals surface area contributed by atoms with Crippen LogP contribution in [0.15, 0.2) is 42.6 Å². The van der Waals surface area contributed by atoms with Gasteiger partial charge in [-0.15, -0.1) is 0 Å². The minimum absolute atomic E-state index is 0.103. The van der Waals surface area contributed by atoms with Crippen molar-refractivity contribution in [3.63, 3.8) is 0 Å². The number of benzene rings is 1. The number of methoxy groups -OCH3 is 1. The summed E-state index contributed by atoms with van der Waals surface area (Å²) < 4.78 is 5.16. The summed E-state index contributed by atoms with van der Waals surface area (Å²) in [7, 11) is 3.58. The molecule has 1 atom stereocenters. The number of carbonyl (C=O) groups excluding carboxylic acids is 1. The SMILES string of the molecule is COc1ccc(C(C)N(C)c2cc(C(N)=O)ccn2)cc1. The lowest BCUT2D eigenvalue weighted by Gasteiger charge is -2.26. The van der Waals surface area contributed by atoms with Crippen molar-refractivity contribution in [2.24, 2.45) is 5.73 Å². The molecule has 0 radical (unpaired) electrons. The van der Waals surface area contributed by atoms with Crippen LogP contribution in [-0.4, -0.2) is 25.0 Å². The van der Waals surface area contributed by atoms with E-state index in [1.807, 2.05) is 36.2 Å². The molecule has 1 amide bonds. The van der Waals surface area contributed by atoms with Crippen molar-refractivity contribution in [3.05, 3.63) is 53.7 Å². The molecule has 0 fully saturated rings. The van der Waals surface area contributed by atoms with Crippen molar-refractivity contribution in [1.82, 2.24) is 4.98 Å². The van der Waals surface area contributed by atoms with Crippen molar-refractivity contribution in [2.75, 3.05) is 19.1 Å². The molecule has 0 spiro atoms. The number of nitrogens with zero attached hydrogens (tertiary/aromatic N) is 2. The number of amides is 1. The maximum absolute atomic E-state index is 11.2. The van der Waals surface area contributed by atoms with Crippen LogP contribution in [0.25, 0.3) is 0 Å². The van der Waals surface area contributed by atoms with Crippen molar-refractivity contribution in [1.29, 1.82) is 0 Å². The monoisotopic (exact) mass is 285 g/mol. The van der Waals surface area contributed by atoms with Crippen LogP contribution in [0.5, 0.6) is 5.75 Å². The highest BCUT2D eigenvalue weighted by atomic mass is 16.5. The standard InChI is InChI=1S/C16H19N3O2/c1-11(12-4-6-14(21-3)7-5-12)19(2)15-10-13(16(17)20)8-9-18-15/h4-11H,1-3H3,(H2,17,20). The maximum Gasteiger partial charge on any atom is 0.248 e. The number of primary amides is 1. The number of hydrogen-bond acceptors (Lipinski definition) is 4. The number of nitrogens with two attached hydrogens (primary N) is 1. The van der Waals surface area contributed by atoms with Gasteiger partial charge < -0.3 is 15.4 Å². The van der Waals surface area contributed by atoms with Gasteiger partial charge in [0.2, 0.25) is 5.91 Å². The van der Waals surface area contributed by atoms with E-state index in [-0.39, 0.29) is 6.04 Å². The molecule has 1 aromatic carbocycles. The second-order valence-corrected chi connectivity index (χ2v) is 4.83. The number of rotatable bonds is 5. The number of aromatic nitrogens is 1. The summed E-state index contributed by atoms with van der Waals surface area (Å²) in [4.78, 5) is 17.5. The number of carbonyl (C=O) groups is 1. The van der Waals surface area contributed by atoms with E-state index in [4.69, 9.17) is 10.5 Å². The smallest absolute Gasteiger partial charge is 0.248 e. The second kappa shape index (κ2) is 6.26. The highest BCUT2D eigenvalue weighted by Gasteiger charge is 2.14. The quantitative estimate of drug-likeness (QED) is 0.915. The Bertz CT molecular complexity index is 626. The molecular formula is C16H19N3O2. The summed E-state index contributed by atoms with van der Waals surface area (Å²) in [6.07, 6.45) is 1.59. The van der Waals surface area contributed by atoms with Gasteiger partial charge in [0.1, 0.15) is 11.6 Å². The van der Waals surface area contributed by atoms with Crippen molar-refractivity contribution in [3.8, 4) is 5.75 Å². The summed E-state index contributed by atoms with van der Waals surface area (Å²) in [6, 6.07) is 11.3. The fourth-order valence-corrected chi connectivity index (χ4v) is 2.07. The van der Waals surface area contributed by atoms with Crippen LogP contribution in [0.1, 0.15) is 28.9 Å². The molecule has 1 heterocycles. The Morgan fingerprint density at radius 1 is 1.29 bits per heavy atom. The van der Waals surface area contributed by atoms with Crippen molar-refractivity contribution in [2.45, 2.75) is 13.0 Å². The number of anilines is 1. The molecule has 0 saturated heterocycles. The molecule has 0 aliphatic rings. The third kappa shape index (κ3) is 3.31. The average Bonchev–Trinajstić information content (AvgIpc) is 2.53. The summed E-state index contributed by atoms with van der Waals surface area (Å²) in [5, 5.41) is 0. The van der Waals surface area contributed by atoms with Crippen LogP contribution in [-0.2, 0) is 0 Å². The first-order valence-electron chi connectivity index (χ1n) is 6.65. The van der Waals surface area contributed by atoms with Gasteiger partial charge in [0.15, 0.2) is 0 Å². The zero-order valence-corrected chi connectivity index (χ0v) is 12.4. The molecule has 21 heavy (non-hydrogen) atoms. The zero-order valence-electron chi connectivity index (χ0n) is 12.4. The minimum atomic E-state index is -0.454. The summed E-state index contributed by atoms with van der Waals surface area (Å²) in [6.45, 7) is 2.07. The van der Waals surface area contributed by atoms with Gasteiger partial charge in [-0.05, 0) is 36.8 Å². The van der Waals surface area contributed by atoms with E-state index >= 15 is 0 Å². The Labute approximate surface area is 124 Å². The summed E-state index contributed by atoms with van der Waals surface area (Å²) >= 11 is 0. The van der Waals surface area contributed by atoms with Crippen LogP contribution in [0.2, 0.25) is 0 Å². The second-order valence-electron chi connectivity index (χ2n) is 4.83. The highest BCUT2D eigenvalue weighted by molar-refractivity contribution is 5.93. The predicted octanol–water partition coefficient (Wildman–Crippen LogP) is 2.39. The average molecular weight is 285 g/mol. The first kappa shape index (κ1) is 14.8. The van der Waals surface area contributed by atoms with Gasteiger partial charge in [-0.2, -0.15) is 0 Å². The molecule has 5 nitrogen and oxygen atoms in total. The van der Waals surface area contributed by atoms with Gasteiger partial charge >= 0.3 is 0 Å². The maximum atomic E-state index is 11.2. The van der Waals surface area contributed by atoms with E-state index in [1.165, 1.54) is 0 Å². The molecule has 110 valence electrons. The van der Waals surface area contributed by atoms with Gasteiger partial charge in [-0.1, -0.05) is 12.1 Å². The number of pyridine rings is 1. The number of ether oxygens (including phenoxy) is 1. The van der Waals surface area contributed by atoms with Gasteiger partial charge in [0.25, 0.3) is 0 Å². The fraction of sp³-hybridized carbons (Fsp3) is 0.250. The van der Waals surface area contributed by atoms with Crippen molar-refractivity contribution >= 4 is 11.7 Å². The third-order valence-corrected chi connectivity index (χ3v) is 3.57. The molecule has 2 N–H and O–H groups in total. The van der Waals surface area contributed by atoms with E-state index < -0.39 is 5.91 Å². The molecule has 1 aromatic heterocycles. The molecule has 0 aliphatic heterocycles. The Morgan fingerprint density at radius 2 is 1.95 bits per heavy atom. The Kier molecular flexibility index (Phi) is 4.42. The van der Waals surface area contributed by atoms with Crippen LogP contribution in [0.3, 0.4) is 0 Å². The molecule has 0 aliphatic carbocycles. The lowest BCUT2D eigenvalue weighted by Crippen LogP contribution is -2.23. The first-order valence-corrected chi connectivity index (χ1v) is 6.65. The molecule has 2 aromatic rings. The zero-order chi connectivity index (χ0) is 15.4. The lowest BCUT2D eigenvalue weighted by molar-refractivity contribution is 0.1000. The van der Waals surface area contributed by atoms with E-state index in [2.05, 4.69) is 11.9 Å². The first-order chi connectivity index (χ1) is 10.0. The number of hydrogen-bond donors (Lipinski definition) is 1. The Hall–Kier alpha value is -2.56. The van der Waals surface area contributed by atoms with Gasteiger partial charge in [0, 0.05) is 18.8 Å². The van der Waals surface area contributed by atoms with E-state index in [1.54, 1.807) is 25.4 Å². The molecule has 1 unspecified atom stereocenters. The molecular weight excluding hydrogens is 266 g/mol. The molecule has 0 bridgehead atoms. The van der Waals surface area contributed by atoms with Crippen LogP contribution < -0.4 is 15.4 Å². The Balaban J connectivity index is 2.23. The van der Waals surface area contributed by atoms with Crippen LogP contribution in [0, 0.1) is 0 Å². The Morgan fingerprint density at radius 3 is 2.52 bits per heavy atom. The molecule has 0 saturated carbocycles. The largest absolute Gasteiger partial charge is 0.497 e. The van der Waals surface area contributed by atoms with Crippen LogP contribution in [0.4, 0.5) is 5.82 Å². The van der Waals surface area contributed by atoms with E-state index in [0.29, 0.717) is 11.4 Å². The van der Waals surface area contributed by atoms with Gasteiger partial charge in [-0.3, -0.25) is 4.79 Å². The van der Waals surface area contributed by atoms with E-state index in [0.717, 1.165) is 11.3 Å². The molecule has 5 heteroatoms. The highest BCUT2D eigenvalue weighted by Crippen LogP contribution is 2.25. The molecule has 2 rings (SSSR count). The summed E-state index contributed by atoms with van der Waals surface area (Å²) in [5.41, 5.74) is 6.88.